The number of hydrogen-bond acceptors (Lipinski definition) is 5. The van der Waals surface area contributed by atoms with Crippen molar-refractivity contribution in [1.82, 2.24) is 19.9 Å². The van der Waals surface area contributed by atoms with Crippen LogP contribution in [-0.4, -0.2) is 52.9 Å². The zero-order valence-electron chi connectivity index (χ0n) is 15.7. The predicted octanol–water partition coefficient (Wildman–Crippen LogP) is 2.37. The molecule has 1 fully saturated rings. The molecular weight excluding hydrogens is 342 g/mol. The molecule has 140 valence electrons. The molecule has 7 nitrogen and oxygen atoms in total. The first-order chi connectivity index (χ1) is 13.0. The lowest BCUT2D eigenvalue weighted by Gasteiger charge is -2.35. The number of aromatic nitrogens is 3. The molecular formula is C20H23N5O2. The van der Waals surface area contributed by atoms with Crippen LogP contribution in [0.25, 0.3) is 16.9 Å². The summed E-state index contributed by atoms with van der Waals surface area (Å²) >= 11 is 0. The summed E-state index contributed by atoms with van der Waals surface area (Å²) in [7, 11) is 1.62. The number of carbonyl (C=O) groups excluding carboxylic acids is 1. The lowest BCUT2D eigenvalue weighted by molar-refractivity contribution is -0.00551. The first-order valence-electron chi connectivity index (χ1n) is 9.13. The number of anilines is 1. The van der Waals surface area contributed by atoms with Gasteiger partial charge < -0.3 is 15.0 Å². The lowest BCUT2D eigenvalue weighted by atomic mass is 10.1. The highest BCUT2D eigenvalue weighted by Crippen LogP contribution is 2.24. The summed E-state index contributed by atoms with van der Waals surface area (Å²) in [5.41, 5.74) is 3.27. The van der Waals surface area contributed by atoms with Gasteiger partial charge in [-0.1, -0.05) is 12.1 Å². The molecule has 1 aliphatic heterocycles. The minimum absolute atomic E-state index is 0.101. The number of morpholine rings is 1. The molecule has 1 aromatic carbocycles. The summed E-state index contributed by atoms with van der Waals surface area (Å²) in [5, 5.41) is 7.45. The van der Waals surface area contributed by atoms with Crippen molar-refractivity contribution in [2.24, 2.45) is 0 Å². The van der Waals surface area contributed by atoms with Crippen LogP contribution < -0.4 is 10.2 Å². The van der Waals surface area contributed by atoms with Gasteiger partial charge in [-0.15, -0.1) is 5.10 Å². The fourth-order valence-corrected chi connectivity index (χ4v) is 3.53. The minimum atomic E-state index is -0.101. The average Bonchev–Trinajstić information content (AvgIpc) is 3.10. The number of hydrogen-bond donors (Lipinski definition) is 1. The molecule has 0 aliphatic carbocycles. The van der Waals surface area contributed by atoms with E-state index in [9.17, 15) is 4.79 Å². The quantitative estimate of drug-likeness (QED) is 0.772. The van der Waals surface area contributed by atoms with Crippen molar-refractivity contribution in [1.29, 1.82) is 0 Å². The van der Waals surface area contributed by atoms with Crippen molar-refractivity contribution in [2.75, 3.05) is 25.0 Å². The highest BCUT2D eigenvalue weighted by Gasteiger charge is 2.23. The zero-order valence-corrected chi connectivity index (χ0v) is 15.7. The minimum Gasteiger partial charge on any atom is -0.372 e. The predicted molar refractivity (Wildman–Crippen MR) is 104 cm³/mol. The Morgan fingerprint density at radius 3 is 2.48 bits per heavy atom. The molecule has 0 unspecified atom stereocenters. The van der Waals surface area contributed by atoms with Gasteiger partial charge in [0, 0.05) is 31.3 Å². The topological polar surface area (TPSA) is 71.8 Å². The van der Waals surface area contributed by atoms with Gasteiger partial charge in [-0.3, -0.25) is 4.79 Å². The number of nitrogens with one attached hydrogen (secondary N) is 1. The van der Waals surface area contributed by atoms with E-state index in [1.165, 1.54) is 0 Å². The Bertz CT molecular complexity index is 956. The molecule has 0 spiro atoms. The fourth-order valence-electron chi connectivity index (χ4n) is 3.53. The number of ether oxygens (including phenoxy) is 1. The van der Waals surface area contributed by atoms with Crippen molar-refractivity contribution in [3.63, 3.8) is 0 Å². The van der Waals surface area contributed by atoms with Gasteiger partial charge in [-0.25, -0.2) is 9.50 Å². The summed E-state index contributed by atoms with van der Waals surface area (Å²) in [6.07, 6.45) is 2.16. The number of fused-ring (bicyclic) bond motifs is 1. The highest BCUT2D eigenvalue weighted by atomic mass is 16.5. The highest BCUT2D eigenvalue weighted by molar-refractivity contribution is 5.94. The first kappa shape index (κ1) is 17.5. The molecule has 1 saturated heterocycles. The van der Waals surface area contributed by atoms with Crippen molar-refractivity contribution in [3.8, 4) is 11.3 Å². The Morgan fingerprint density at radius 2 is 1.81 bits per heavy atom. The fraction of sp³-hybridized carbons (Fsp3) is 0.350. The molecule has 3 aromatic rings. The monoisotopic (exact) mass is 365 g/mol. The van der Waals surface area contributed by atoms with E-state index in [1.807, 2.05) is 47.1 Å². The number of amides is 1. The van der Waals surface area contributed by atoms with E-state index < -0.39 is 0 Å². The number of nitrogens with zero attached hydrogens (tertiary/aromatic N) is 4. The maximum atomic E-state index is 11.7. The van der Waals surface area contributed by atoms with Gasteiger partial charge in [0.15, 0.2) is 5.65 Å². The Morgan fingerprint density at radius 1 is 1.11 bits per heavy atom. The molecule has 0 saturated carbocycles. The van der Waals surface area contributed by atoms with Crippen LogP contribution in [0.1, 0.15) is 24.2 Å². The largest absolute Gasteiger partial charge is 0.372 e. The Balaban J connectivity index is 1.69. The number of carbonyl (C=O) groups is 1. The third-order valence-corrected chi connectivity index (χ3v) is 4.76. The van der Waals surface area contributed by atoms with E-state index in [4.69, 9.17) is 9.84 Å². The van der Waals surface area contributed by atoms with E-state index in [0.717, 1.165) is 35.8 Å². The zero-order chi connectivity index (χ0) is 19.0. The Hall–Kier alpha value is -2.93. The molecule has 2 aromatic heterocycles. The molecule has 7 heteroatoms. The summed E-state index contributed by atoms with van der Waals surface area (Å²) < 4.78 is 7.68. The third kappa shape index (κ3) is 3.38. The second-order valence-electron chi connectivity index (χ2n) is 6.92. The maximum absolute atomic E-state index is 11.7. The van der Waals surface area contributed by atoms with E-state index in [0.29, 0.717) is 5.56 Å². The molecule has 27 heavy (non-hydrogen) atoms. The maximum Gasteiger partial charge on any atom is 0.251 e. The van der Waals surface area contributed by atoms with Gasteiger partial charge in [0.05, 0.1) is 24.1 Å². The van der Waals surface area contributed by atoms with Crippen molar-refractivity contribution < 1.29 is 9.53 Å². The van der Waals surface area contributed by atoms with Crippen LogP contribution in [0.15, 0.2) is 42.6 Å². The van der Waals surface area contributed by atoms with Crippen LogP contribution in [-0.2, 0) is 4.74 Å². The van der Waals surface area contributed by atoms with E-state index in [1.54, 1.807) is 7.05 Å². The molecule has 0 bridgehead atoms. The standard InChI is InChI=1S/C20H23N5O2/c1-13-11-24(12-14(2)27-13)19-9-8-18-22-10-17(25(18)23-19)15-4-6-16(7-5-15)20(26)21-3/h4-10,13-14H,11-12H2,1-3H3,(H,21,26)/t13-,14+. The summed E-state index contributed by atoms with van der Waals surface area (Å²) in [5.74, 6) is 0.807. The van der Waals surface area contributed by atoms with Gasteiger partial charge in [0.25, 0.3) is 5.91 Å². The van der Waals surface area contributed by atoms with E-state index >= 15 is 0 Å². The smallest absolute Gasteiger partial charge is 0.251 e. The van der Waals surface area contributed by atoms with E-state index in [2.05, 4.69) is 29.0 Å². The van der Waals surface area contributed by atoms with Gasteiger partial charge >= 0.3 is 0 Å². The van der Waals surface area contributed by atoms with Gasteiger partial charge in [-0.2, -0.15) is 0 Å². The van der Waals surface area contributed by atoms with Gasteiger partial charge in [-0.05, 0) is 38.1 Å². The van der Waals surface area contributed by atoms with E-state index in [-0.39, 0.29) is 18.1 Å². The SMILES string of the molecule is CNC(=O)c1ccc(-c2cnc3ccc(N4C[C@@H](C)O[C@@H](C)C4)nn23)cc1. The first-order valence-corrected chi connectivity index (χ1v) is 9.13. The summed E-state index contributed by atoms with van der Waals surface area (Å²) in [6, 6.07) is 11.4. The molecule has 3 heterocycles. The number of imidazole rings is 1. The van der Waals surface area contributed by atoms with Crippen LogP contribution in [0.2, 0.25) is 0 Å². The Kier molecular flexibility index (Phi) is 4.53. The van der Waals surface area contributed by atoms with Crippen molar-refractivity contribution in [3.05, 3.63) is 48.2 Å². The second kappa shape index (κ2) is 7.00. The third-order valence-electron chi connectivity index (χ3n) is 4.76. The van der Waals surface area contributed by atoms with Crippen LogP contribution >= 0.6 is 0 Å². The molecule has 0 radical (unpaired) electrons. The average molecular weight is 365 g/mol. The lowest BCUT2D eigenvalue weighted by Crippen LogP contribution is -2.46. The molecule has 2 atom stereocenters. The summed E-state index contributed by atoms with van der Waals surface area (Å²) in [4.78, 5) is 18.4. The van der Waals surface area contributed by atoms with Crippen LogP contribution in [0.5, 0.6) is 0 Å². The molecule has 1 aliphatic rings. The van der Waals surface area contributed by atoms with Crippen molar-refractivity contribution >= 4 is 17.4 Å². The molecule has 4 rings (SSSR count). The summed E-state index contributed by atoms with van der Waals surface area (Å²) in [6.45, 7) is 5.79. The second-order valence-corrected chi connectivity index (χ2v) is 6.92. The molecule has 1 N–H and O–H groups in total. The number of rotatable bonds is 3. The number of benzene rings is 1. The van der Waals surface area contributed by atoms with Gasteiger partial charge in [0.2, 0.25) is 0 Å². The van der Waals surface area contributed by atoms with Crippen molar-refractivity contribution in [2.45, 2.75) is 26.1 Å². The van der Waals surface area contributed by atoms with Crippen LogP contribution in [0.3, 0.4) is 0 Å². The molecule has 1 amide bonds. The normalized spacial score (nSPS) is 20.0. The van der Waals surface area contributed by atoms with Crippen LogP contribution in [0.4, 0.5) is 5.82 Å². The Labute approximate surface area is 158 Å². The van der Waals surface area contributed by atoms with Gasteiger partial charge in [0.1, 0.15) is 5.82 Å². The van der Waals surface area contributed by atoms with Crippen LogP contribution in [0, 0.1) is 0 Å².